The molecule has 1 aromatic heterocycles. The van der Waals surface area contributed by atoms with Crippen LogP contribution in [0.4, 0.5) is 0 Å². The highest BCUT2D eigenvalue weighted by molar-refractivity contribution is 6.30. The van der Waals surface area contributed by atoms with Gasteiger partial charge in [0.1, 0.15) is 0 Å². The molecule has 2 rings (SSSR count). The maximum Gasteiger partial charge on any atom is 0.257 e. The quantitative estimate of drug-likeness (QED) is 0.741. The number of benzene rings is 1. The zero-order valence-corrected chi connectivity index (χ0v) is 9.75. The minimum Gasteiger partial charge on any atom is -0.334 e. The van der Waals surface area contributed by atoms with E-state index in [1.165, 1.54) is 0 Å². The Morgan fingerprint density at radius 1 is 1.13 bits per heavy atom. The summed E-state index contributed by atoms with van der Waals surface area (Å²) in [4.78, 5) is 4.09. The SMILES string of the molecule is CC.Cc1noc(-c2ccc(Cl)cc2)n1. The van der Waals surface area contributed by atoms with Crippen LogP contribution in [0.1, 0.15) is 19.7 Å². The third kappa shape index (κ3) is 3.06. The third-order valence-electron chi connectivity index (χ3n) is 1.62. The molecule has 0 spiro atoms. The third-order valence-corrected chi connectivity index (χ3v) is 1.87. The predicted molar refractivity (Wildman–Crippen MR) is 60.8 cm³/mol. The lowest BCUT2D eigenvalue weighted by Crippen LogP contribution is -1.77. The van der Waals surface area contributed by atoms with Gasteiger partial charge < -0.3 is 4.52 Å². The van der Waals surface area contributed by atoms with Crippen molar-refractivity contribution in [2.75, 3.05) is 0 Å². The molecule has 3 nitrogen and oxygen atoms in total. The molecule has 4 heteroatoms. The van der Waals surface area contributed by atoms with Crippen LogP contribution in [0.5, 0.6) is 0 Å². The molecular weight excluding hydrogens is 212 g/mol. The van der Waals surface area contributed by atoms with Gasteiger partial charge in [0, 0.05) is 10.6 Å². The van der Waals surface area contributed by atoms with Gasteiger partial charge in [0.05, 0.1) is 0 Å². The largest absolute Gasteiger partial charge is 0.334 e. The molecule has 0 radical (unpaired) electrons. The minimum atomic E-state index is 0.522. The van der Waals surface area contributed by atoms with Crippen LogP contribution < -0.4 is 0 Å². The lowest BCUT2D eigenvalue weighted by atomic mass is 10.2. The lowest BCUT2D eigenvalue weighted by Gasteiger charge is -1.92. The van der Waals surface area contributed by atoms with Gasteiger partial charge in [-0.3, -0.25) is 0 Å². The van der Waals surface area contributed by atoms with Gasteiger partial charge in [0.15, 0.2) is 5.82 Å². The first-order valence-corrected chi connectivity index (χ1v) is 5.20. The molecule has 0 aliphatic carbocycles. The highest BCUT2D eigenvalue weighted by Gasteiger charge is 2.04. The second-order valence-corrected chi connectivity index (χ2v) is 3.09. The zero-order valence-electron chi connectivity index (χ0n) is 8.99. The van der Waals surface area contributed by atoms with Gasteiger partial charge >= 0.3 is 0 Å². The van der Waals surface area contributed by atoms with Gasteiger partial charge in [-0.15, -0.1) is 0 Å². The first-order valence-electron chi connectivity index (χ1n) is 4.82. The van der Waals surface area contributed by atoms with Crippen LogP contribution in [-0.2, 0) is 0 Å². The summed E-state index contributed by atoms with van der Waals surface area (Å²) in [6.07, 6.45) is 0. The van der Waals surface area contributed by atoms with E-state index >= 15 is 0 Å². The number of aryl methyl sites for hydroxylation is 1. The van der Waals surface area contributed by atoms with Crippen LogP contribution >= 0.6 is 11.6 Å². The van der Waals surface area contributed by atoms with Crippen molar-refractivity contribution in [2.45, 2.75) is 20.8 Å². The molecule has 0 aliphatic heterocycles. The molecule has 80 valence electrons. The molecular formula is C11H13ClN2O. The number of rotatable bonds is 1. The summed E-state index contributed by atoms with van der Waals surface area (Å²) in [5.74, 6) is 1.15. The van der Waals surface area contributed by atoms with Gasteiger partial charge in [0.25, 0.3) is 5.89 Å². The molecule has 0 amide bonds. The van der Waals surface area contributed by atoms with E-state index < -0.39 is 0 Å². The summed E-state index contributed by atoms with van der Waals surface area (Å²) in [6.45, 7) is 5.78. The number of halogens is 1. The first-order chi connectivity index (χ1) is 7.25. The average molecular weight is 225 g/mol. The van der Waals surface area contributed by atoms with Crippen molar-refractivity contribution in [1.29, 1.82) is 0 Å². The van der Waals surface area contributed by atoms with E-state index in [4.69, 9.17) is 16.1 Å². The summed E-state index contributed by atoms with van der Waals surface area (Å²) < 4.78 is 4.99. The lowest BCUT2D eigenvalue weighted by molar-refractivity contribution is 0.425. The van der Waals surface area contributed by atoms with Crippen molar-refractivity contribution >= 4 is 11.6 Å². The molecule has 0 unspecified atom stereocenters. The van der Waals surface area contributed by atoms with Crippen molar-refractivity contribution < 1.29 is 4.52 Å². The van der Waals surface area contributed by atoms with Crippen LogP contribution in [0.2, 0.25) is 5.02 Å². The Kier molecular flexibility index (Phi) is 4.31. The molecule has 0 aliphatic rings. The highest BCUT2D eigenvalue weighted by Crippen LogP contribution is 2.19. The van der Waals surface area contributed by atoms with Crippen LogP contribution in [0.25, 0.3) is 11.5 Å². The molecule has 1 aromatic carbocycles. The van der Waals surface area contributed by atoms with Gasteiger partial charge in [-0.2, -0.15) is 4.98 Å². The zero-order chi connectivity index (χ0) is 11.3. The number of aromatic nitrogens is 2. The highest BCUT2D eigenvalue weighted by atomic mass is 35.5. The molecule has 0 N–H and O–H groups in total. The van der Waals surface area contributed by atoms with E-state index in [1.54, 1.807) is 19.1 Å². The van der Waals surface area contributed by atoms with Crippen molar-refractivity contribution in [3.8, 4) is 11.5 Å². The molecule has 0 fully saturated rings. The summed E-state index contributed by atoms with van der Waals surface area (Å²) in [6, 6.07) is 7.26. The Bertz CT molecular complexity index is 409. The standard InChI is InChI=1S/C9H7ClN2O.C2H6/c1-6-11-9(13-12-6)7-2-4-8(10)5-3-7;1-2/h2-5H,1H3;1-2H3. The molecule has 1 heterocycles. The van der Waals surface area contributed by atoms with Gasteiger partial charge in [-0.25, -0.2) is 0 Å². The Morgan fingerprint density at radius 2 is 1.73 bits per heavy atom. The van der Waals surface area contributed by atoms with Gasteiger partial charge in [-0.1, -0.05) is 30.6 Å². The van der Waals surface area contributed by atoms with E-state index in [-0.39, 0.29) is 0 Å². The van der Waals surface area contributed by atoms with Crippen LogP contribution in [0, 0.1) is 6.92 Å². The van der Waals surface area contributed by atoms with Crippen molar-refractivity contribution in [1.82, 2.24) is 10.1 Å². The second kappa shape index (κ2) is 5.51. The van der Waals surface area contributed by atoms with E-state index in [1.807, 2.05) is 26.0 Å². The van der Waals surface area contributed by atoms with Gasteiger partial charge in [0.2, 0.25) is 0 Å². The fourth-order valence-electron chi connectivity index (χ4n) is 1.01. The van der Waals surface area contributed by atoms with Crippen LogP contribution in [0.3, 0.4) is 0 Å². The molecule has 0 atom stereocenters. The van der Waals surface area contributed by atoms with Crippen LogP contribution in [0.15, 0.2) is 28.8 Å². The first kappa shape index (κ1) is 11.7. The normalized spacial score (nSPS) is 9.33. The number of hydrogen-bond donors (Lipinski definition) is 0. The Hall–Kier alpha value is -1.35. The second-order valence-electron chi connectivity index (χ2n) is 2.65. The maximum absolute atomic E-state index is 5.74. The van der Waals surface area contributed by atoms with E-state index in [0.29, 0.717) is 16.7 Å². The number of nitrogens with zero attached hydrogens (tertiary/aromatic N) is 2. The van der Waals surface area contributed by atoms with Crippen molar-refractivity contribution in [3.05, 3.63) is 35.1 Å². The van der Waals surface area contributed by atoms with Crippen molar-refractivity contribution in [3.63, 3.8) is 0 Å². The fourth-order valence-corrected chi connectivity index (χ4v) is 1.13. The topological polar surface area (TPSA) is 38.9 Å². The fraction of sp³-hybridized carbons (Fsp3) is 0.273. The molecule has 15 heavy (non-hydrogen) atoms. The molecule has 0 saturated heterocycles. The van der Waals surface area contributed by atoms with Crippen LogP contribution in [-0.4, -0.2) is 10.1 Å². The average Bonchev–Trinajstić information content (AvgIpc) is 2.69. The Balaban J connectivity index is 0.000000531. The Labute approximate surface area is 94.1 Å². The van der Waals surface area contributed by atoms with Gasteiger partial charge in [-0.05, 0) is 31.2 Å². The van der Waals surface area contributed by atoms with E-state index in [0.717, 1.165) is 5.56 Å². The smallest absolute Gasteiger partial charge is 0.257 e. The van der Waals surface area contributed by atoms with E-state index in [2.05, 4.69) is 10.1 Å². The molecule has 2 aromatic rings. The van der Waals surface area contributed by atoms with Crippen molar-refractivity contribution in [2.24, 2.45) is 0 Å². The Morgan fingerprint density at radius 3 is 2.20 bits per heavy atom. The maximum atomic E-state index is 5.74. The van der Waals surface area contributed by atoms with E-state index in [9.17, 15) is 0 Å². The summed E-state index contributed by atoms with van der Waals surface area (Å²) in [5, 5.41) is 4.39. The molecule has 0 bridgehead atoms. The monoisotopic (exact) mass is 224 g/mol. The summed E-state index contributed by atoms with van der Waals surface area (Å²) in [5.41, 5.74) is 0.880. The molecule has 0 saturated carbocycles. The minimum absolute atomic E-state index is 0.522. The predicted octanol–water partition coefficient (Wildman–Crippen LogP) is 3.72. The summed E-state index contributed by atoms with van der Waals surface area (Å²) >= 11 is 5.74. The summed E-state index contributed by atoms with van der Waals surface area (Å²) in [7, 11) is 0. The number of hydrogen-bond acceptors (Lipinski definition) is 3.